The minimum atomic E-state index is -4.77. The molecule has 1 heterocycles. The molecule has 26 heavy (non-hydrogen) atoms. The summed E-state index contributed by atoms with van der Waals surface area (Å²) in [6, 6.07) is 3.05. The van der Waals surface area contributed by atoms with Crippen molar-refractivity contribution >= 4 is 11.4 Å². The molecule has 1 fully saturated rings. The highest BCUT2D eigenvalue weighted by atomic mass is 19.4. The average molecular weight is 375 g/mol. The number of likely N-dealkylation sites (tertiary alicyclic amines) is 1. The van der Waals surface area contributed by atoms with Crippen molar-refractivity contribution < 1.29 is 22.8 Å². The second kappa shape index (κ2) is 7.79. The molecular weight excluding hydrogens is 351 g/mol. The summed E-state index contributed by atoms with van der Waals surface area (Å²) in [5, 5.41) is 13.9. The van der Waals surface area contributed by atoms with Crippen LogP contribution in [0.4, 0.5) is 24.5 Å². The van der Waals surface area contributed by atoms with Gasteiger partial charge < -0.3 is 10.1 Å². The van der Waals surface area contributed by atoms with Gasteiger partial charge in [-0.2, -0.15) is 13.2 Å². The first kappa shape index (κ1) is 20.4. The van der Waals surface area contributed by atoms with Crippen molar-refractivity contribution in [2.24, 2.45) is 0 Å². The number of benzene rings is 1. The molecule has 9 heteroatoms. The summed E-state index contributed by atoms with van der Waals surface area (Å²) in [5.74, 6) is 0. The van der Waals surface area contributed by atoms with Gasteiger partial charge in [-0.05, 0) is 45.7 Å². The van der Waals surface area contributed by atoms with E-state index in [1.54, 1.807) is 0 Å². The molecule has 146 valence electrons. The Hall–Kier alpha value is -1.87. The molecule has 0 unspecified atom stereocenters. The number of anilines is 1. The monoisotopic (exact) mass is 375 g/mol. The number of piperidine rings is 1. The molecule has 1 aliphatic heterocycles. The lowest BCUT2D eigenvalue weighted by Gasteiger charge is -2.34. The van der Waals surface area contributed by atoms with Gasteiger partial charge in [0.1, 0.15) is 5.56 Å². The second-order valence-electron chi connectivity index (χ2n) is 7.41. The standard InChI is InChI=1S/C17H24F3N3O3/c1-16(2,3)26-11-22-8-6-12(7-9-22)21-13-4-5-15(23(24)25)14(10-13)17(18,19)20/h4-5,10,12,21H,6-9,11H2,1-3H3. The summed E-state index contributed by atoms with van der Waals surface area (Å²) in [6.45, 7) is 8.00. The Morgan fingerprint density at radius 2 is 1.88 bits per heavy atom. The lowest BCUT2D eigenvalue weighted by Crippen LogP contribution is -2.41. The van der Waals surface area contributed by atoms with Gasteiger partial charge in [0, 0.05) is 30.9 Å². The topological polar surface area (TPSA) is 67.6 Å². The fourth-order valence-electron chi connectivity index (χ4n) is 2.74. The molecule has 0 radical (unpaired) electrons. The molecule has 0 saturated carbocycles. The van der Waals surface area contributed by atoms with E-state index in [1.165, 1.54) is 6.07 Å². The summed E-state index contributed by atoms with van der Waals surface area (Å²) in [4.78, 5) is 11.9. The number of halogens is 3. The molecule has 0 atom stereocenters. The third kappa shape index (κ3) is 5.84. The minimum absolute atomic E-state index is 0.0171. The summed E-state index contributed by atoms with van der Waals surface area (Å²) in [5.41, 5.74) is -2.14. The maximum absolute atomic E-state index is 13.0. The predicted octanol–water partition coefficient (Wildman–Crippen LogP) is 4.26. The van der Waals surface area contributed by atoms with Gasteiger partial charge in [0.25, 0.3) is 5.69 Å². The number of alkyl halides is 3. The first-order chi connectivity index (χ1) is 12.0. The number of ether oxygens (including phenoxy) is 1. The number of rotatable bonds is 5. The van der Waals surface area contributed by atoms with Gasteiger partial charge in [0.05, 0.1) is 17.3 Å². The third-order valence-corrected chi connectivity index (χ3v) is 4.14. The molecule has 1 saturated heterocycles. The van der Waals surface area contributed by atoms with Crippen molar-refractivity contribution in [3.8, 4) is 0 Å². The molecule has 0 aromatic heterocycles. The van der Waals surface area contributed by atoms with Crippen LogP contribution in [0.15, 0.2) is 18.2 Å². The molecule has 0 bridgehead atoms. The number of nitrogens with zero attached hydrogens (tertiary/aromatic N) is 2. The molecule has 1 N–H and O–H groups in total. The lowest BCUT2D eigenvalue weighted by atomic mass is 10.0. The molecule has 6 nitrogen and oxygen atoms in total. The van der Waals surface area contributed by atoms with Crippen molar-refractivity contribution in [2.45, 2.75) is 51.4 Å². The highest BCUT2D eigenvalue weighted by Gasteiger charge is 2.38. The smallest absolute Gasteiger partial charge is 0.382 e. The number of hydrogen-bond donors (Lipinski definition) is 1. The van der Waals surface area contributed by atoms with Crippen molar-refractivity contribution in [1.29, 1.82) is 0 Å². The Labute approximate surface area is 150 Å². The van der Waals surface area contributed by atoms with Gasteiger partial charge in [-0.15, -0.1) is 0 Å². The summed E-state index contributed by atoms with van der Waals surface area (Å²) >= 11 is 0. The molecule has 1 aromatic carbocycles. The first-order valence-electron chi connectivity index (χ1n) is 8.44. The molecule has 2 rings (SSSR count). The fraction of sp³-hybridized carbons (Fsp3) is 0.647. The lowest BCUT2D eigenvalue weighted by molar-refractivity contribution is -0.388. The Bertz CT molecular complexity index is 636. The normalized spacial score (nSPS) is 17.3. The van der Waals surface area contributed by atoms with E-state index >= 15 is 0 Å². The Morgan fingerprint density at radius 1 is 1.27 bits per heavy atom. The summed E-state index contributed by atoms with van der Waals surface area (Å²) in [6.07, 6.45) is -3.26. The van der Waals surface area contributed by atoms with Crippen molar-refractivity contribution in [3.63, 3.8) is 0 Å². The van der Waals surface area contributed by atoms with Crippen LogP contribution >= 0.6 is 0 Å². The van der Waals surface area contributed by atoms with Crippen LogP contribution < -0.4 is 5.32 Å². The quantitative estimate of drug-likeness (QED) is 0.615. The zero-order chi connectivity index (χ0) is 19.5. The van der Waals surface area contributed by atoms with Gasteiger partial charge in [-0.25, -0.2) is 0 Å². The van der Waals surface area contributed by atoms with Gasteiger partial charge in [0.2, 0.25) is 0 Å². The number of nitro groups is 1. The summed E-state index contributed by atoms with van der Waals surface area (Å²) < 4.78 is 44.9. The van der Waals surface area contributed by atoms with Crippen LogP contribution in [0, 0.1) is 10.1 Å². The van der Waals surface area contributed by atoms with Gasteiger partial charge >= 0.3 is 6.18 Å². The molecular formula is C17H24F3N3O3. The van der Waals surface area contributed by atoms with E-state index in [1.807, 2.05) is 20.8 Å². The van der Waals surface area contributed by atoms with Crippen molar-refractivity contribution in [1.82, 2.24) is 4.90 Å². The van der Waals surface area contributed by atoms with Gasteiger partial charge in [-0.3, -0.25) is 15.0 Å². The maximum atomic E-state index is 13.0. The van der Waals surface area contributed by atoms with Crippen LogP contribution in [0.25, 0.3) is 0 Å². The van der Waals surface area contributed by atoms with Crippen LogP contribution in [0.5, 0.6) is 0 Å². The van der Waals surface area contributed by atoms with E-state index in [9.17, 15) is 23.3 Å². The Balaban J connectivity index is 1.97. The molecule has 0 spiro atoms. The minimum Gasteiger partial charge on any atom is -0.382 e. The number of nitrogens with one attached hydrogen (secondary N) is 1. The number of hydrogen-bond acceptors (Lipinski definition) is 5. The van der Waals surface area contributed by atoms with E-state index in [2.05, 4.69) is 10.2 Å². The zero-order valence-electron chi connectivity index (χ0n) is 15.1. The summed E-state index contributed by atoms with van der Waals surface area (Å²) in [7, 11) is 0. The second-order valence-corrected chi connectivity index (χ2v) is 7.41. The third-order valence-electron chi connectivity index (χ3n) is 4.14. The van der Waals surface area contributed by atoms with Crippen LogP contribution in [0.1, 0.15) is 39.2 Å². The highest BCUT2D eigenvalue weighted by Crippen LogP contribution is 2.37. The van der Waals surface area contributed by atoms with E-state index in [-0.39, 0.29) is 17.3 Å². The highest BCUT2D eigenvalue weighted by molar-refractivity contribution is 5.55. The van der Waals surface area contributed by atoms with E-state index < -0.39 is 22.4 Å². The van der Waals surface area contributed by atoms with Gasteiger partial charge in [-0.1, -0.05) is 0 Å². The predicted molar refractivity (Wildman–Crippen MR) is 92.0 cm³/mol. The molecule has 0 aliphatic carbocycles. The van der Waals surface area contributed by atoms with E-state index in [4.69, 9.17) is 4.74 Å². The van der Waals surface area contributed by atoms with Crippen LogP contribution in [0.3, 0.4) is 0 Å². The largest absolute Gasteiger partial charge is 0.423 e. The van der Waals surface area contributed by atoms with Crippen molar-refractivity contribution in [3.05, 3.63) is 33.9 Å². The Kier molecular flexibility index (Phi) is 6.13. The van der Waals surface area contributed by atoms with E-state index in [0.29, 0.717) is 6.73 Å². The van der Waals surface area contributed by atoms with Crippen molar-refractivity contribution in [2.75, 3.05) is 25.1 Å². The fourth-order valence-corrected chi connectivity index (χ4v) is 2.74. The Morgan fingerprint density at radius 3 is 2.38 bits per heavy atom. The van der Waals surface area contributed by atoms with Crippen LogP contribution in [-0.2, 0) is 10.9 Å². The molecule has 1 aromatic rings. The van der Waals surface area contributed by atoms with E-state index in [0.717, 1.165) is 38.1 Å². The maximum Gasteiger partial charge on any atom is 0.423 e. The average Bonchev–Trinajstić information content (AvgIpc) is 2.52. The van der Waals surface area contributed by atoms with Gasteiger partial charge in [0.15, 0.2) is 0 Å². The van der Waals surface area contributed by atoms with Crippen LogP contribution in [-0.4, -0.2) is 41.3 Å². The molecule has 1 aliphatic rings. The van der Waals surface area contributed by atoms with Crippen LogP contribution in [0.2, 0.25) is 0 Å². The molecule has 0 amide bonds. The SMILES string of the molecule is CC(C)(C)OCN1CCC(Nc2ccc([N+](=O)[O-])c(C(F)(F)F)c2)CC1. The zero-order valence-corrected chi connectivity index (χ0v) is 15.1. The first-order valence-corrected chi connectivity index (χ1v) is 8.44. The number of nitro benzene ring substituents is 1.